The number of carbonyl (C=O) groups excluding carboxylic acids is 2. The number of hydrogen-bond donors (Lipinski definition) is 4. The Morgan fingerprint density at radius 1 is 1.00 bits per heavy atom. The Balaban J connectivity index is 1.86. The normalized spacial score (nSPS) is 13.3. The fraction of sp³-hybridized carbons (Fsp3) is 0.280. The summed E-state index contributed by atoms with van der Waals surface area (Å²) in [4.78, 5) is 25.3. The van der Waals surface area contributed by atoms with Crippen LogP contribution in [0.2, 0.25) is 5.02 Å². The van der Waals surface area contributed by atoms with Gasteiger partial charge in [-0.3, -0.25) is 9.59 Å². The maximum absolute atomic E-state index is 13.4. The molecule has 0 aliphatic carbocycles. The molecule has 0 saturated heterocycles. The minimum Gasteiger partial charge on any atom is -0.368 e. The first-order valence-electron chi connectivity index (χ1n) is 11.2. The van der Waals surface area contributed by atoms with Crippen molar-refractivity contribution in [2.24, 2.45) is 11.5 Å². The second-order valence-electron chi connectivity index (χ2n) is 8.33. The maximum atomic E-state index is 13.4. The maximum Gasteiger partial charge on any atom is 0.241 e. The molecule has 2 atom stereocenters. The molecule has 0 bridgehead atoms. The van der Waals surface area contributed by atoms with Crippen molar-refractivity contribution in [1.29, 1.82) is 0 Å². The standard InChI is InChI=1S/C25H29ClN4O4S/c1-16-11-12-23(20-9-3-2-8-19(16)20)35(33,34)30-21(10-5-13-27)25(32)29-22(24(28)31)15-17-6-4-7-18(26)14-17/h2-4,6-9,11-12,14,21-22,30H,5,10,13,15,27H2,1H3,(H2,28,31)(H,29,32)/t21?,22-/m0/s1. The molecule has 0 aliphatic heterocycles. The lowest BCUT2D eigenvalue weighted by molar-refractivity contribution is -0.128. The summed E-state index contributed by atoms with van der Waals surface area (Å²) in [7, 11) is -4.08. The van der Waals surface area contributed by atoms with Gasteiger partial charge in [0.2, 0.25) is 21.8 Å². The van der Waals surface area contributed by atoms with Crippen molar-refractivity contribution in [1.82, 2.24) is 10.0 Å². The molecule has 1 unspecified atom stereocenters. The zero-order valence-electron chi connectivity index (χ0n) is 19.3. The van der Waals surface area contributed by atoms with Gasteiger partial charge in [-0.1, -0.05) is 54.1 Å². The van der Waals surface area contributed by atoms with Gasteiger partial charge in [-0.15, -0.1) is 0 Å². The smallest absolute Gasteiger partial charge is 0.241 e. The van der Waals surface area contributed by atoms with Crippen molar-refractivity contribution in [2.75, 3.05) is 6.54 Å². The van der Waals surface area contributed by atoms with Crippen molar-refractivity contribution in [2.45, 2.75) is 43.2 Å². The van der Waals surface area contributed by atoms with Gasteiger partial charge in [0.15, 0.2) is 0 Å². The van der Waals surface area contributed by atoms with Gasteiger partial charge in [-0.2, -0.15) is 4.72 Å². The molecule has 0 aliphatic rings. The number of fused-ring (bicyclic) bond motifs is 1. The highest BCUT2D eigenvalue weighted by Gasteiger charge is 2.29. The molecule has 0 fully saturated rings. The minimum atomic E-state index is -4.08. The average molecular weight is 517 g/mol. The second-order valence-corrected chi connectivity index (χ2v) is 10.4. The van der Waals surface area contributed by atoms with E-state index in [1.165, 1.54) is 6.07 Å². The van der Waals surface area contributed by atoms with Gasteiger partial charge in [0.05, 0.1) is 4.90 Å². The van der Waals surface area contributed by atoms with Crippen LogP contribution in [0.1, 0.15) is 24.0 Å². The van der Waals surface area contributed by atoms with Crippen molar-refractivity contribution in [3.05, 3.63) is 76.8 Å². The Hall–Kier alpha value is -2.98. The zero-order valence-corrected chi connectivity index (χ0v) is 20.9. The van der Waals surface area contributed by atoms with E-state index in [9.17, 15) is 18.0 Å². The number of halogens is 1. The number of rotatable bonds is 11. The molecule has 35 heavy (non-hydrogen) atoms. The molecule has 6 N–H and O–H groups in total. The molecule has 0 aromatic heterocycles. The summed E-state index contributed by atoms with van der Waals surface area (Å²) in [6.45, 7) is 2.16. The Labute approximate surface area is 210 Å². The third-order valence-corrected chi connectivity index (χ3v) is 7.46. The predicted octanol–water partition coefficient (Wildman–Crippen LogP) is 2.40. The SMILES string of the molecule is Cc1ccc(S(=O)(=O)NC(CCCN)C(=O)N[C@@H](Cc2cccc(Cl)c2)C(N)=O)c2ccccc12. The highest BCUT2D eigenvalue weighted by atomic mass is 35.5. The largest absolute Gasteiger partial charge is 0.368 e. The highest BCUT2D eigenvalue weighted by molar-refractivity contribution is 7.89. The summed E-state index contributed by atoms with van der Waals surface area (Å²) in [5.74, 6) is -1.41. The van der Waals surface area contributed by atoms with Crippen LogP contribution in [0.25, 0.3) is 10.8 Å². The van der Waals surface area contributed by atoms with Gasteiger partial charge in [-0.05, 0) is 61.0 Å². The fourth-order valence-corrected chi connectivity index (χ4v) is 5.52. The molecule has 3 aromatic carbocycles. The van der Waals surface area contributed by atoms with Crippen LogP contribution < -0.4 is 21.5 Å². The van der Waals surface area contributed by atoms with E-state index in [1.54, 1.807) is 42.5 Å². The van der Waals surface area contributed by atoms with Crippen LogP contribution in [0.5, 0.6) is 0 Å². The monoisotopic (exact) mass is 516 g/mol. The average Bonchev–Trinajstić information content (AvgIpc) is 2.81. The Morgan fingerprint density at radius 3 is 2.37 bits per heavy atom. The first kappa shape index (κ1) is 26.6. The number of sulfonamides is 1. The quantitative estimate of drug-likeness (QED) is 0.309. The Bertz CT molecular complexity index is 1330. The number of nitrogens with two attached hydrogens (primary N) is 2. The van der Waals surface area contributed by atoms with E-state index in [0.29, 0.717) is 22.4 Å². The van der Waals surface area contributed by atoms with Crippen LogP contribution in [0.15, 0.2) is 65.6 Å². The van der Waals surface area contributed by atoms with E-state index >= 15 is 0 Å². The summed E-state index contributed by atoms with van der Waals surface area (Å²) >= 11 is 6.01. The van der Waals surface area contributed by atoms with Gasteiger partial charge in [0, 0.05) is 16.8 Å². The fourth-order valence-electron chi connectivity index (χ4n) is 3.87. The third kappa shape index (κ3) is 6.79. The summed E-state index contributed by atoms with van der Waals surface area (Å²) in [6.07, 6.45) is 0.652. The Morgan fingerprint density at radius 2 is 1.71 bits per heavy atom. The van der Waals surface area contributed by atoms with E-state index < -0.39 is 33.9 Å². The topological polar surface area (TPSA) is 144 Å². The van der Waals surface area contributed by atoms with E-state index in [1.807, 2.05) is 19.1 Å². The number of carbonyl (C=O) groups is 2. The van der Waals surface area contributed by atoms with Crippen molar-refractivity contribution < 1.29 is 18.0 Å². The number of hydrogen-bond acceptors (Lipinski definition) is 5. The third-order valence-electron chi connectivity index (χ3n) is 5.69. The van der Waals surface area contributed by atoms with Gasteiger partial charge in [-0.25, -0.2) is 8.42 Å². The first-order chi connectivity index (χ1) is 16.6. The molecule has 186 valence electrons. The molecular formula is C25H29ClN4O4S. The van der Waals surface area contributed by atoms with Crippen molar-refractivity contribution in [3.8, 4) is 0 Å². The lowest BCUT2D eigenvalue weighted by Gasteiger charge is -2.22. The molecule has 0 heterocycles. The molecule has 0 spiro atoms. The number of primary amides is 1. The van der Waals surface area contributed by atoms with Crippen molar-refractivity contribution >= 4 is 44.2 Å². The number of benzene rings is 3. The number of aryl methyl sites for hydroxylation is 1. The van der Waals surface area contributed by atoms with Crippen LogP contribution in [0.4, 0.5) is 0 Å². The van der Waals surface area contributed by atoms with E-state index in [4.69, 9.17) is 23.1 Å². The van der Waals surface area contributed by atoms with Crippen LogP contribution in [-0.2, 0) is 26.0 Å². The lowest BCUT2D eigenvalue weighted by atomic mass is 10.0. The molecular weight excluding hydrogens is 488 g/mol. The van der Waals surface area contributed by atoms with Crippen LogP contribution >= 0.6 is 11.6 Å². The van der Waals surface area contributed by atoms with Crippen LogP contribution in [0.3, 0.4) is 0 Å². The minimum absolute atomic E-state index is 0.0645. The molecule has 0 saturated carbocycles. The number of nitrogens with one attached hydrogen (secondary N) is 2. The van der Waals surface area contributed by atoms with Gasteiger partial charge >= 0.3 is 0 Å². The van der Waals surface area contributed by atoms with Crippen molar-refractivity contribution in [3.63, 3.8) is 0 Å². The van der Waals surface area contributed by atoms with Gasteiger partial charge in [0.1, 0.15) is 12.1 Å². The van der Waals surface area contributed by atoms with E-state index in [0.717, 1.165) is 10.9 Å². The van der Waals surface area contributed by atoms with Gasteiger partial charge in [0.25, 0.3) is 0 Å². The summed E-state index contributed by atoms with van der Waals surface area (Å²) in [5.41, 5.74) is 12.8. The second kappa shape index (κ2) is 11.6. The molecule has 10 heteroatoms. The number of amides is 2. The van der Waals surface area contributed by atoms with Crippen LogP contribution in [0, 0.1) is 6.92 Å². The summed E-state index contributed by atoms with van der Waals surface area (Å²) in [5, 5.41) is 4.42. The zero-order chi connectivity index (χ0) is 25.6. The Kier molecular flexibility index (Phi) is 8.85. The molecule has 3 aromatic rings. The molecule has 2 amide bonds. The van der Waals surface area contributed by atoms with E-state index in [-0.39, 0.29) is 24.3 Å². The predicted molar refractivity (Wildman–Crippen MR) is 137 cm³/mol. The van der Waals surface area contributed by atoms with E-state index in [2.05, 4.69) is 10.0 Å². The summed E-state index contributed by atoms with van der Waals surface area (Å²) in [6, 6.07) is 15.0. The molecule has 0 radical (unpaired) electrons. The highest BCUT2D eigenvalue weighted by Crippen LogP contribution is 2.26. The molecule has 3 rings (SSSR count). The summed E-state index contributed by atoms with van der Waals surface area (Å²) < 4.78 is 29.2. The molecule has 8 nitrogen and oxygen atoms in total. The lowest BCUT2D eigenvalue weighted by Crippen LogP contribution is -2.53. The van der Waals surface area contributed by atoms with Crippen LogP contribution in [-0.4, -0.2) is 38.9 Å². The first-order valence-corrected chi connectivity index (χ1v) is 13.0. The van der Waals surface area contributed by atoms with Gasteiger partial charge < -0.3 is 16.8 Å².